The maximum absolute atomic E-state index is 12.5. The number of aromatic nitrogens is 2. The summed E-state index contributed by atoms with van der Waals surface area (Å²) in [5.41, 5.74) is 2.05. The van der Waals surface area contributed by atoms with Crippen molar-refractivity contribution >= 4 is 21.6 Å². The second-order valence-electron chi connectivity index (χ2n) is 7.58. The van der Waals surface area contributed by atoms with Gasteiger partial charge in [-0.2, -0.15) is 9.71 Å². The van der Waals surface area contributed by atoms with Gasteiger partial charge in [0.05, 0.1) is 10.9 Å². The molecule has 3 aromatic rings. The number of hydrogen-bond acceptors (Lipinski definition) is 5. The third kappa shape index (κ3) is 4.60. The standard InChI is InChI=1S/C20H22ClN3O3S/c1-13(24-28(25,26)17-11-9-16(21)10-12-17)19-22-18(23-27-19)14-5-7-15(8-6-14)20(2,3)4/h5-13,24H,1-4H3/t13-/m1/s1. The van der Waals surface area contributed by atoms with Crippen molar-refractivity contribution in [3.05, 3.63) is 65.0 Å². The topological polar surface area (TPSA) is 85.1 Å². The molecule has 6 nitrogen and oxygen atoms in total. The average Bonchev–Trinajstić information content (AvgIpc) is 3.11. The van der Waals surface area contributed by atoms with Crippen LogP contribution in [0.5, 0.6) is 0 Å². The molecule has 3 rings (SSSR count). The SMILES string of the molecule is C[C@@H](NS(=O)(=O)c1ccc(Cl)cc1)c1nc(-c2ccc(C(C)(C)C)cc2)no1. The quantitative estimate of drug-likeness (QED) is 0.646. The molecule has 8 heteroatoms. The van der Waals surface area contributed by atoms with E-state index in [1.54, 1.807) is 6.92 Å². The Morgan fingerprint density at radius 2 is 1.64 bits per heavy atom. The van der Waals surface area contributed by atoms with Crippen molar-refractivity contribution in [2.24, 2.45) is 0 Å². The van der Waals surface area contributed by atoms with E-state index in [0.717, 1.165) is 5.56 Å². The van der Waals surface area contributed by atoms with Crippen LogP contribution in [0.4, 0.5) is 0 Å². The molecule has 0 unspecified atom stereocenters. The molecule has 1 aromatic heterocycles. The van der Waals surface area contributed by atoms with Crippen molar-refractivity contribution < 1.29 is 12.9 Å². The molecule has 0 amide bonds. The second kappa shape index (κ2) is 7.66. The fourth-order valence-corrected chi connectivity index (χ4v) is 3.94. The van der Waals surface area contributed by atoms with E-state index in [-0.39, 0.29) is 16.2 Å². The van der Waals surface area contributed by atoms with E-state index in [4.69, 9.17) is 16.1 Å². The van der Waals surface area contributed by atoms with Crippen molar-refractivity contribution in [3.8, 4) is 11.4 Å². The summed E-state index contributed by atoms with van der Waals surface area (Å²) in [5, 5.41) is 4.44. The van der Waals surface area contributed by atoms with Crippen molar-refractivity contribution in [3.63, 3.8) is 0 Å². The first-order chi connectivity index (χ1) is 13.1. The molecule has 0 spiro atoms. The normalized spacial score (nSPS) is 13.5. The Kier molecular flexibility index (Phi) is 5.61. The Balaban J connectivity index is 1.77. The van der Waals surface area contributed by atoms with Crippen LogP contribution in [0.2, 0.25) is 5.02 Å². The summed E-state index contributed by atoms with van der Waals surface area (Å²) in [6.45, 7) is 8.07. The molecular formula is C20H22ClN3O3S. The third-order valence-electron chi connectivity index (χ3n) is 4.28. The minimum Gasteiger partial charge on any atom is -0.337 e. The van der Waals surface area contributed by atoms with E-state index >= 15 is 0 Å². The largest absolute Gasteiger partial charge is 0.337 e. The maximum Gasteiger partial charge on any atom is 0.244 e. The zero-order chi connectivity index (χ0) is 20.5. The molecule has 0 aliphatic heterocycles. The molecule has 2 aromatic carbocycles. The van der Waals surface area contributed by atoms with Crippen LogP contribution < -0.4 is 4.72 Å². The van der Waals surface area contributed by atoms with E-state index < -0.39 is 16.1 Å². The van der Waals surface area contributed by atoms with Gasteiger partial charge in [-0.25, -0.2) is 8.42 Å². The highest BCUT2D eigenvalue weighted by molar-refractivity contribution is 7.89. The van der Waals surface area contributed by atoms with Crippen LogP contribution in [0.3, 0.4) is 0 Å². The molecule has 148 valence electrons. The van der Waals surface area contributed by atoms with Gasteiger partial charge in [-0.05, 0) is 42.2 Å². The second-order valence-corrected chi connectivity index (χ2v) is 9.73. The molecule has 0 radical (unpaired) electrons. The first-order valence-electron chi connectivity index (χ1n) is 8.79. The van der Waals surface area contributed by atoms with Gasteiger partial charge in [0.25, 0.3) is 0 Å². The highest BCUT2D eigenvalue weighted by Gasteiger charge is 2.23. The van der Waals surface area contributed by atoms with E-state index in [2.05, 4.69) is 35.6 Å². The lowest BCUT2D eigenvalue weighted by molar-refractivity contribution is 0.354. The molecule has 0 aliphatic rings. The zero-order valence-corrected chi connectivity index (χ0v) is 17.7. The fourth-order valence-electron chi connectivity index (χ4n) is 2.61. The zero-order valence-electron chi connectivity index (χ0n) is 16.1. The Morgan fingerprint density at radius 1 is 1.04 bits per heavy atom. The predicted molar refractivity (Wildman–Crippen MR) is 109 cm³/mol. The van der Waals surface area contributed by atoms with Crippen LogP contribution in [0.15, 0.2) is 57.9 Å². The first-order valence-corrected chi connectivity index (χ1v) is 10.6. The average molecular weight is 420 g/mol. The molecule has 0 fully saturated rings. The van der Waals surface area contributed by atoms with Gasteiger partial charge in [0, 0.05) is 10.6 Å². The smallest absolute Gasteiger partial charge is 0.244 e. The fraction of sp³-hybridized carbons (Fsp3) is 0.300. The highest BCUT2D eigenvalue weighted by atomic mass is 35.5. The van der Waals surface area contributed by atoms with Gasteiger partial charge < -0.3 is 4.52 Å². The van der Waals surface area contributed by atoms with Gasteiger partial charge in [0.1, 0.15) is 0 Å². The van der Waals surface area contributed by atoms with Gasteiger partial charge in [0.2, 0.25) is 21.7 Å². The molecule has 1 N–H and O–H groups in total. The monoisotopic (exact) mass is 419 g/mol. The van der Waals surface area contributed by atoms with E-state index in [0.29, 0.717) is 10.8 Å². The molecule has 0 bridgehead atoms. The summed E-state index contributed by atoms with van der Waals surface area (Å²) in [5.74, 6) is 0.598. The van der Waals surface area contributed by atoms with Gasteiger partial charge in [-0.15, -0.1) is 0 Å². The minimum absolute atomic E-state index is 0.0510. The van der Waals surface area contributed by atoms with Crippen molar-refractivity contribution in [1.29, 1.82) is 0 Å². The Hall–Kier alpha value is -2.22. The summed E-state index contributed by atoms with van der Waals surface area (Å²) in [4.78, 5) is 4.45. The predicted octanol–water partition coefficient (Wildman–Crippen LogP) is 4.73. The number of benzene rings is 2. The van der Waals surface area contributed by atoms with Crippen LogP contribution in [0, 0.1) is 0 Å². The molecule has 1 heterocycles. The number of nitrogens with one attached hydrogen (secondary N) is 1. The van der Waals surface area contributed by atoms with Gasteiger partial charge in [-0.1, -0.05) is 61.8 Å². The van der Waals surface area contributed by atoms with Crippen LogP contribution >= 0.6 is 11.6 Å². The summed E-state index contributed by atoms with van der Waals surface area (Å²) in [7, 11) is -3.74. The Bertz CT molecular complexity index is 1050. The Labute approximate surface area is 170 Å². The highest BCUT2D eigenvalue weighted by Crippen LogP contribution is 2.26. The number of halogens is 1. The van der Waals surface area contributed by atoms with Crippen LogP contribution in [-0.2, 0) is 15.4 Å². The van der Waals surface area contributed by atoms with Crippen LogP contribution in [-0.4, -0.2) is 18.6 Å². The molecular weight excluding hydrogens is 398 g/mol. The van der Waals surface area contributed by atoms with Crippen molar-refractivity contribution in [1.82, 2.24) is 14.9 Å². The number of rotatable bonds is 5. The Morgan fingerprint density at radius 3 is 2.21 bits per heavy atom. The van der Waals surface area contributed by atoms with E-state index in [9.17, 15) is 8.42 Å². The minimum atomic E-state index is -3.74. The molecule has 0 saturated carbocycles. The molecule has 0 aliphatic carbocycles. The van der Waals surface area contributed by atoms with Gasteiger partial charge in [0.15, 0.2) is 0 Å². The number of hydrogen-bond donors (Lipinski definition) is 1. The molecule has 1 atom stereocenters. The van der Waals surface area contributed by atoms with E-state index in [1.165, 1.54) is 29.8 Å². The summed E-state index contributed by atoms with van der Waals surface area (Å²) in [6, 6.07) is 13.1. The molecule has 0 saturated heterocycles. The lowest BCUT2D eigenvalue weighted by Crippen LogP contribution is -2.27. The van der Waals surface area contributed by atoms with Gasteiger partial charge >= 0.3 is 0 Å². The van der Waals surface area contributed by atoms with Crippen LogP contribution in [0.25, 0.3) is 11.4 Å². The first kappa shape index (κ1) is 20.5. The summed E-state index contributed by atoms with van der Waals surface area (Å²) < 4.78 is 32.8. The van der Waals surface area contributed by atoms with Gasteiger partial charge in [-0.3, -0.25) is 0 Å². The number of sulfonamides is 1. The van der Waals surface area contributed by atoms with E-state index in [1.807, 2.05) is 24.3 Å². The molecule has 28 heavy (non-hydrogen) atoms. The number of nitrogens with zero attached hydrogens (tertiary/aromatic N) is 2. The van der Waals surface area contributed by atoms with Crippen molar-refractivity contribution in [2.75, 3.05) is 0 Å². The summed E-state index contributed by atoms with van der Waals surface area (Å²) >= 11 is 5.81. The lowest BCUT2D eigenvalue weighted by Gasteiger charge is -2.18. The maximum atomic E-state index is 12.5. The van der Waals surface area contributed by atoms with Crippen LogP contribution in [0.1, 0.15) is 45.2 Å². The van der Waals surface area contributed by atoms with Crippen molar-refractivity contribution in [2.45, 2.75) is 44.0 Å². The summed E-state index contributed by atoms with van der Waals surface area (Å²) in [6.07, 6.45) is 0. The lowest BCUT2D eigenvalue weighted by atomic mass is 9.87. The third-order valence-corrected chi connectivity index (χ3v) is 6.09.